The molecule has 0 bridgehead atoms. The molecule has 2 rings (SSSR count). The SMILES string of the molecule is CCC1CCCN(S(=O)(=O)c2c(Br)cc(N)cc2Br)C1. The van der Waals surface area contributed by atoms with Crippen LogP contribution in [0, 0.1) is 5.92 Å². The number of nitrogens with two attached hydrogens (primary N) is 1. The van der Waals surface area contributed by atoms with Crippen LogP contribution in [-0.2, 0) is 10.0 Å². The average molecular weight is 426 g/mol. The summed E-state index contributed by atoms with van der Waals surface area (Å²) in [6, 6.07) is 3.25. The van der Waals surface area contributed by atoms with E-state index in [9.17, 15) is 8.42 Å². The molecule has 1 aliphatic rings. The predicted molar refractivity (Wildman–Crippen MR) is 88.0 cm³/mol. The second-order valence-electron chi connectivity index (χ2n) is 5.09. The molecular formula is C13H18Br2N2O2S. The summed E-state index contributed by atoms with van der Waals surface area (Å²) in [4.78, 5) is 0.267. The Morgan fingerprint density at radius 3 is 2.50 bits per heavy atom. The number of hydrogen-bond acceptors (Lipinski definition) is 3. The maximum atomic E-state index is 12.8. The van der Waals surface area contributed by atoms with Crippen molar-refractivity contribution in [3.05, 3.63) is 21.1 Å². The molecular weight excluding hydrogens is 408 g/mol. The van der Waals surface area contributed by atoms with Gasteiger partial charge in [0.25, 0.3) is 0 Å². The van der Waals surface area contributed by atoms with Gasteiger partial charge in [0.1, 0.15) is 4.90 Å². The van der Waals surface area contributed by atoms with Crippen molar-refractivity contribution in [3.8, 4) is 0 Å². The number of nitrogens with zero attached hydrogens (tertiary/aromatic N) is 1. The molecule has 1 aromatic carbocycles. The summed E-state index contributed by atoms with van der Waals surface area (Å²) in [7, 11) is -3.50. The molecule has 2 N–H and O–H groups in total. The van der Waals surface area contributed by atoms with Gasteiger partial charge in [0.15, 0.2) is 0 Å². The molecule has 0 spiro atoms. The van der Waals surface area contributed by atoms with Crippen LogP contribution in [0.4, 0.5) is 5.69 Å². The molecule has 1 aliphatic heterocycles. The standard InChI is InChI=1S/C13H18Br2N2O2S/c1-2-9-4-3-5-17(8-9)20(18,19)13-11(14)6-10(16)7-12(13)15/h6-7,9H,2-5,8,16H2,1H3. The molecule has 7 heteroatoms. The highest BCUT2D eigenvalue weighted by Crippen LogP contribution is 2.36. The zero-order chi connectivity index (χ0) is 14.9. The molecule has 0 aliphatic carbocycles. The first-order chi connectivity index (χ1) is 9.36. The minimum Gasteiger partial charge on any atom is -0.399 e. The molecule has 1 fully saturated rings. The lowest BCUT2D eigenvalue weighted by Gasteiger charge is -2.32. The van der Waals surface area contributed by atoms with Crippen molar-refractivity contribution in [3.63, 3.8) is 0 Å². The summed E-state index contributed by atoms with van der Waals surface area (Å²) in [5.41, 5.74) is 6.25. The topological polar surface area (TPSA) is 63.4 Å². The van der Waals surface area contributed by atoms with Crippen LogP contribution in [-0.4, -0.2) is 25.8 Å². The zero-order valence-electron chi connectivity index (χ0n) is 11.3. The van der Waals surface area contributed by atoms with E-state index in [0.717, 1.165) is 19.3 Å². The van der Waals surface area contributed by atoms with Gasteiger partial charge in [-0.1, -0.05) is 13.3 Å². The summed E-state index contributed by atoms with van der Waals surface area (Å²) in [5, 5.41) is 0. The highest BCUT2D eigenvalue weighted by molar-refractivity contribution is 9.11. The van der Waals surface area contributed by atoms with Gasteiger partial charge in [-0.2, -0.15) is 4.31 Å². The largest absolute Gasteiger partial charge is 0.399 e. The van der Waals surface area contributed by atoms with Gasteiger partial charge in [-0.25, -0.2) is 8.42 Å². The number of halogens is 2. The van der Waals surface area contributed by atoms with Crippen LogP contribution in [0.5, 0.6) is 0 Å². The average Bonchev–Trinajstić information content (AvgIpc) is 2.37. The molecule has 20 heavy (non-hydrogen) atoms. The molecule has 4 nitrogen and oxygen atoms in total. The molecule has 1 aromatic rings. The number of nitrogen functional groups attached to an aromatic ring is 1. The van der Waals surface area contributed by atoms with Crippen LogP contribution in [0.3, 0.4) is 0 Å². The molecule has 1 saturated heterocycles. The molecule has 0 aromatic heterocycles. The second kappa shape index (κ2) is 6.34. The van der Waals surface area contributed by atoms with Gasteiger partial charge in [-0.3, -0.25) is 0 Å². The minimum atomic E-state index is -3.50. The third kappa shape index (κ3) is 3.21. The maximum absolute atomic E-state index is 12.8. The van der Waals surface area contributed by atoms with Crippen molar-refractivity contribution in [2.75, 3.05) is 18.8 Å². The van der Waals surface area contributed by atoms with E-state index in [2.05, 4.69) is 38.8 Å². The summed E-state index contributed by atoms with van der Waals surface area (Å²) >= 11 is 6.63. The van der Waals surface area contributed by atoms with E-state index >= 15 is 0 Å². The lowest BCUT2D eigenvalue weighted by Crippen LogP contribution is -2.40. The first-order valence-electron chi connectivity index (χ1n) is 6.61. The number of anilines is 1. The second-order valence-corrected chi connectivity index (χ2v) is 8.68. The fourth-order valence-electron chi connectivity index (χ4n) is 2.53. The van der Waals surface area contributed by atoms with E-state index in [1.807, 2.05) is 0 Å². The van der Waals surface area contributed by atoms with Gasteiger partial charge in [0.05, 0.1) is 0 Å². The van der Waals surface area contributed by atoms with Crippen molar-refractivity contribution in [2.24, 2.45) is 5.92 Å². The van der Waals surface area contributed by atoms with Crippen LogP contribution >= 0.6 is 31.9 Å². The smallest absolute Gasteiger partial charge is 0.245 e. The summed E-state index contributed by atoms with van der Waals surface area (Å²) in [5.74, 6) is 0.449. The lowest BCUT2D eigenvalue weighted by molar-refractivity contribution is 0.261. The fourth-order valence-corrected chi connectivity index (χ4v) is 6.63. The normalized spacial score (nSPS) is 21.1. The highest BCUT2D eigenvalue weighted by atomic mass is 79.9. The number of hydrogen-bond donors (Lipinski definition) is 1. The predicted octanol–water partition coefficient (Wildman–Crippen LogP) is 3.60. The molecule has 112 valence electrons. The Balaban J connectivity index is 2.40. The first-order valence-corrected chi connectivity index (χ1v) is 9.63. The van der Waals surface area contributed by atoms with Gasteiger partial charge in [-0.05, 0) is 62.8 Å². The third-order valence-electron chi connectivity index (χ3n) is 3.68. The van der Waals surface area contributed by atoms with E-state index < -0.39 is 10.0 Å². The first kappa shape index (κ1) is 16.3. The third-order valence-corrected chi connectivity index (χ3v) is 7.42. The highest BCUT2D eigenvalue weighted by Gasteiger charge is 2.32. The van der Waals surface area contributed by atoms with E-state index in [-0.39, 0.29) is 4.90 Å². The Labute approximate surface area is 137 Å². The quantitative estimate of drug-likeness (QED) is 0.752. The van der Waals surface area contributed by atoms with Crippen LogP contribution in [0.2, 0.25) is 0 Å². The molecule has 1 heterocycles. The monoisotopic (exact) mass is 424 g/mol. The van der Waals surface area contributed by atoms with Crippen molar-refractivity contribution < 1.29 is 8.42 Å². The maximum Gasteiger partial charge on any atom is 0.245 e. The zero-order valence-corrected chi connectivity index (χ0v) is 15.3. The molecule has 0 amide bonds. The molecule has 0 radical (unpaired) electrons. The van der Waals surface area contributed by atoms with Crippen molar-refractivity contribution in [1.82, 2.24) is 4.31 Å². The molecule has 1 atom stereocenters. The Kier molecular flexibility index (Phi) is 5.15. The van der Waals surface area contributed by atoms with E-state index in [1.54, 1.807) is 16.4 Å². The van der Waals surface area contributed by atoms with Gasteiger partial charge in [0, 0.05) is 27.7 Å². The number of piperidine rings is 1. The summed E-state index contributed by atoms with van der Waals surface area (Å²) in [6.45, 7) is 3.29. The molecule has 1 unspecified atom stereocenters. The number of rotatable bonds is 3. The Hall–Kier alpha value is -0.110. The van der Waals surface area contributed by atoms with E-state index in [1.165, 1.54) is 0 Å². The van der Waals surface area contributed by atoms with E-state index in [4.69, 9.17) is 5.73 Å². The molecule has 0 saturated carbocycles. The van der Waals surface area contributed by atoms with E-state index in [0.29, 0.717) is 33.6 Å². The summed E-state index contributed by atoms with van der Waals surface area (Å²) < 4.78 is 28.2. The van der Waals surface area contributed by atoms with Crippen LogP contribution in [0.25, 0.3) is 0 Å². The Bertz CT molecular complexity index is 581. The van der Waals surface area contributed by atoms with Crippen LogP contribution < -0.4 is 5.73 Å². The fraction of sp³-hybridized carbons (Fsp3) is 0.538. The van der Waals surface area contributed by atoms with Gasteiger partial charge >= 0.3 is 0 Å². The number of sulfonamides is 1. The van der Waals surface area contributed by atoms with Crippen molar-refractivity contribution in [2.45, 2.75) is 31.1 Å². The number of benzene rings is 1. The van der Waals surface area contributed by atoms with Crippen LogP contribution in [0.15, 0.2) is 26.0 Å². The Morgan fingerprint density at radius 1 is 1.35 bits per heavy atom. The minimum absolute atomic E-state index is 0.267. The van der Waals surface area contributed by atoms with Gasteiger partial charge in [0.2, 0.25) is 10.0 Å². The summed E-state index contributed by atoms with van der Waals surface area (Å²) in [6.07, 6.45) is 3.03. The van der Waals surface area contributed by atoms with Gasteiger partial charge < -0.3 is 5.73 Å². The van der Waals surface area contributed by atoms with Crippen LogP contribution in [0.1, 0.15) is 26.2 Å². The Morgan fingerprint density at radius 2 is 1.95 bits per heavy atom. The van der Waals surface area contributed by atoms with Gasteiger partial charge in [-0.15, -0.1) is 0 Å². The van der Waals surface area contributed by atoms with Crippen molar-refractivity contribution in [1.29, 1.82) is 0 Å². The van der Waals surface area contributed by atoms with Crippen molar-refractivity contribution >= 4 is 47.6 Å². The lowest BCUT2D eigenvalue weighted by atomic mass is 9.97.